The number of para-hydroxylation sites is 1. The lowest BCUT2D eigenvalue weighted by molar-refractivity contribution is 0.0571. The number of hydroxylamine groups is 1. The molecule has 1 unspecified atom stereocenters. The molecule has 0 amide bonds. The van der Waals surface area contributed by atoms with E-state index in [1.54, 1.807) is 6.20 Å². The molecule has 5 rings (SSSR count). The molecule has 1 aliphatic heterocycles. The van der Waals surface area contributed by atoms with Gasteiger partial charge in [0.05, 0.1) is 17.9 Å². The third-order valence-corrected chi connectivity index (χ3v) is 5.94. The number of nitrogens with one attached hydrogen (secondary N) is 2. The Balaban J connectivity index is 1.61. The number of rotatable bonds is 6. The molecule has 0 spiro atoms. The van der Waals surface area contributed by atoms with Crippen molar-refractivity contribution in [2.24, 2.45) is 4.99 Å². The number of aromatic nitrogens is 2. The van der Waals surface area contributed by atoms with Gasteiger partial charge in [-0.1, -0.05) is 78.9 Å². The van der Waals surface area contributed by atoms with Crippen molar-refractivity contribution in [3.8, 4) is 5.69 Å². The number of aromatic amines is 1. The molecule has 1 aromatic heterocycles. The summed E-state index contributed by atoms with van der Waals surface area (Å²) in [5.41, 5.74) is 6.35. The number of allylic oxidation sites excluding steroid dienone is 1. The number of fused-ring (bicyclic) bond motifs is 1. The van der Waals surface area contributed by atoms with Crippen LogP contribution in [0.1, 0.15) is 29.5 Å². The standard InChI is InChI=1S/C28H24N4O3/c1-19-23(17-29-35-18-20-11-5-2-6-12-20)24(21-13-7-3-8-14-21)25-26(30-19)32(28(34)31-27(25)33)22-15-9-4-10-16-22/h2-17,24,29H,18H2,1H3,(H,31,33,34). The fourth-order valence-corrected chi connectivity index (χ4v) is 4.30. The van der Waals surface area contributed by atoms with Crippen molar-refractivity contribution in [3.63, 3.8) is 0 Å². The van der Waals surface area contributed by atoms with Gasteiger partial charge in [0.2, 0.25) is 0 Å². The molecule has 1 atom stereocenters. The minimum absolute atomic E-state index is 0.332. The van der Waals surface area contributed by atoms with Crippen LogP contribution < -0.4 is 16.7 Å². The maximum Gasteiger partial charge on any atom is 0.334 e. The van der Waals surface area contributed by atoms with E-state index in [2.05, 4.69) is 10.5 Å². The second-order valence-corrected chi connectivity index (χ2v) is 8.20. The monoisotopic (exact) mass is 464 g/mol. The van der Waals surface area contributed by atoms with Gasteiger partial charge in [0.25, 0.3) is 5.56 Å². The predicted molar refractivity (Wildman–Crippen MR) is 136 cm³/mol. The van der Waals surface area contributed by atoms with Gasteiger partial charge in [-0.2, -0.15) is 0 Å². The molecule has 0 saturated carbocycles. The number of H-pyrrole nitrogens is 1. The van der Waals surface area contributed by atoms with Crippen LogP contribution in [0.4, 0.5) is 5.82 Å². The van der Waals surface area contributed by atoms with Gasteiger partial charge in [-0.3, -0.25) is 20.1 Å². The normalized spacial score (nSPS) is 16.0. The van der Waals surface area contributed by atoms with Crippen molar-refractivity contribution in [2.75, 3.05) is 0 Å². The van der Waals surface area contributed by atoms with Gasteiger partial charge >= 0.3 is 5.69 Å². The molecule has 1 aliphatic rings. The summed E-state index contributed by atoms with van der Waals surface area (Å²) < 4.78 is 1.45. The molecular weight excluding hydrogens is 440 g/mol. The molecule has 0 fully saturated rings. The van der Waals surface area contributed by atoms with Gasteiger partial charge in [0, 0.05) is 23.4 Å². The van der Waals surface area contributed by atoms with Crippen LogP contribution in [-0.4, -0.2) is 15.3 Å². The number of benzene rings is 3. The third-order valence-electron chi connectivity index (χ3n) is 5.94. The van der Waals surface area contributed by atoms with Crippen LogP contribution in [0, 0.1) is 0 Å². The van der Waals surface area contributed by atoms with Crippen LogP contribution in [-0.2, 0) is 11.4 Å². The summed E-state index contributed by atoms with van der Waals surface area (Å²) in [4.78, 5) is 39.0. The minimum Gasteiger partial charge on any atom is -0.274 e. The lowest BCUT2D eigenvalue weighted by Crippen LogP contribution is -2.35. The molecular formula is C28H24N4O3. The van der Waals surface area contributed by atoms with Crippen molar-refractivity contribution in [1.29, 1.82) is 0 Å². The van der Waals surface area contributed by atoms with Crippen molar-refractivity contribution in [2.45, 2.75) is 19.4 Å². The van der Waals surface area contributed by atoms with Crippen molar-refractivity contribution < 1.29 is 4.84 Å². The van der Waals surface area contributed by atoms with E-state index in [-0.39, 0.29) is 0 Å². The van der Waals surface area contributed by atoms with Crippen LogP contribution in [0.15, 0.2) is 117 Å². The lowest BCUT2D eigenvalue weighted by atomic mass is 9.82. The van der Waals surface area contributed by atoms with E-state index >= 15 is 0 Å². The molecule has 35 heavy (non-hydrogen) atoms. The summed E-state index contributed by atoms with van der Waals surface area (Å²) in [6, 6.07) is 28.7. The Kier molecular flexibility index (Phi) is 6.24. The van der Waals surface area contributed by atoms with Gasteiger partial charge in [-0.15, -0.1) is 0 Å². The Hall–Kier alpha value is -4.49. The Morgan fingerprint density at radius 1 is 0.943 bits per heavy atom. The summed E-state index contributed by atoms with van der Waals surface area (Å²) in [5.74, 6) is -0.116. The minimum atomic E-state index is -0.528. The Morgan fingerprint density at radius 3 is 2.26 bits per heavy atom. The number of hydrogen-bond donors (Lipinski definition) is 2. The van der Waals surface area contributed by atoms with Crippen LogP contribution >= 0.6 is 0 Å². The van der Waals surface area contributed by atoms with Crippen molar-refractivity contribution in [1.82, 2.24) is 15.0 Å². The van der Waals surface area contributed by atoms with Crippen molar-refractivity contribution in [3.05, 3.63) is 140 Å². The van der Waals surface area contributed by atoms with E-state index in [1.807, 2.05) is 97.9 Å². The predicted octanol–water partition coefficient (Wildman–Crippen LogP) is 4.37. The molecule has 4 aromatic rings. The topological polar surface area (TPSA) is 88.5 Å². The van der Waals surface area contributed by atoms with E-state index in [9.17, 15) is 9.59 Å². The smallest absolute Gasteiger partial charge is 0.274 e. The molecule has 3 aromatic carbocycles. The first-order valence-electron chi connectivity index (χ1n) is 11.3. The Bertz CT molecular complexity index is 1510. The SMILES string of the molecule is CC1=Nc2c(c(=O)[nH]c(=O)n2-c2ccccc2)C(c2ccccc2)C1=CNOCc1ccccc1. The molecule has 0 bridgehead atoms. The first kappa shape index (κ1) is 22.3. The first-order chi connectivity index (χ1) is 17.1. The second-order valence-electron chi connectivity index (χ2n) is 8.20. The number of hydrogen-bond acceptors (Lipinski definition) is 5. The van der Waals surface area contributed by atoms with Crippen LogP contribution in [0.3, 0.4) is 0 Å². The van der Waals surface area contributed by atoms with E-state index in [0.717, 1.165) is 16.7 Å². The highest BCUT2D eigenvalue weighted by atomic mass is 16.6. The summed E-state index contributed by atoms with van der Waals surface area (Å²) in [6.45, 7) is 2.24. The Labute approximate surface area is 202 Å². The van der Waals surface area contributed by atoms with Gasteiger partial charge in [0.1, 0.15) is 0 Å². The van der Waals surface area contributed by atoms with Crippen LogP contribution in [0.5, 0.6) is 0 Å². The van der Waals surface area contributed by atoms with Crippen LogP contribution in [0.2, 0.25) is 0 Å². The zero-order valence-electron chi connectivity index (χ0n) is 19.1. The quantitative estimate of drug-likeness (QED) is 0.328. The average Bonchev–Trinajstić information content (AvgIpc) is 2.88. The van der Waals surface area contributed by atoms with Gasteiger partial charge < -0.3 is 0 Å². The van der Waals surface area contributed by atoms with Gasteiger partial charge in [-0.05, 0) is 30.2 Å². The summed E-state index contributed by atoms with van der Waals surface area (Å²) >= 11 is 0. The van der Waals surface area contributed by atoms with Crippen LogP contribution in [0.25, 0.3) is 5.69 Å². The van der Waals surface area contributed by atoms with Gasteiger partial charge in [-0.25, -0.2) is 14.4 Å². The highest BCUT2D eigenvalue weighted by molar-refractivity contribution is 6.03. The van der Waals surface area contributed by atoms with E-state index < -0.39 is 17.2 Å². The maximum absolute atomic E-state index is 13.2. The summed E-state index contributed by atoms with van der Waals surface area (Å²) in [6.07, 6.45) is 1.74. The highest BCUT2D eigenvalue weighted by Gasteiger charge is 2.33. The van der Waals surface area contributed by atoms with E-state index in [4.69, 9.17) is 9.83 Å². The molecule has 0 saturated heterocycles. The van der Waals surface area contributed by atoms with E-state index in [1.165, 1.54) is 4.57 Å². The molecule has 0 radical (unpaired) electrons. The summed E-state index contributed by atoms with van der Waals surface area (Å²) in [5, 5.41) is 0. The Morgan fingerprint density at radius 2 is 1.57 bits per heavy atom. The van der Waals surface area contributed by atoms with Crippen molar-refractivity contribution >= 4 is 11.5 Å². The number of nitrogens with zero attached hydrogens (tertiary/aromatic N) is 2. The fourth-order valence-electron chi connectivity index (χ4n) is 4.30. The molecule has 2 heterocycles. The second kappa shape index (κ2) is 9.79. The third kappa shape index (κ3) is 4.49. The zero-order chi connectivity index (χ0) is 24.2. The van der Waals surface area contributed by atoms with E-state index in [0.29, 0.717) is 29.4 Å². The lowest BCUT2D eigenvalue weighted by Gasteiger charge is -2.28. The molecule has 7 heteroatoms. The molecule has 7 nitrogen and oxygen atoms in total. The van der Waals surface area contributed by atoms with Gasteiger partial charge in [0.15, 0.2) is 5.82 Å². The molecule has 174 valence electrons. The molecule has 2 N–H and O–H groups in total. The average molecular weight is 465 g/mol. The maximum atomic E-state index is 13.2. The molecule has 0 aliphatic carbocycles. The largest absolute Gasteiger partial charge is 0.334 e. The zero-order valence-corrected chi connectivity index (χ0v) is 19.1. The first-order valence-corrected chi connectivity index (χ1v) is 11.3. The summed E-state index contributed by atoms with van der Waals surface area (Å²) in [7, 11) is 0. The fraction of sp³-hybridized carbons (Fsp3) is 0.107. The number of aliphatic imine (C=N–C) groups is 1. The highest BCUT2D eigenvalue weighted by Crippen LogP contribution is 2.40.